The van der Waals surface area contributed by atoms with Crippen molar-refractivity contribution in [2.45, 2.75) is 26.7 Å². The largest absolute Gasteiger partial charge is 0.451 e. The van der Waals surface area contributed by atoms with E-state index in [1.807, 2.05) is 32.0 Å². The molecule has 1 aromatic heterocycles. The summed E-state index contributed by atoms with van der Waals surface area (Å²) in [4.78, 5) is 15.8. The second kappa shape index (κ2) is 5.49. The molecule has 18 heavy (non-hydrogen) atoms. The molecule has 1 N–H and O–H groups in total. The summed E-state index contributed by atoms with van der Waals surface area (Å²) >= 11 is 0. The van der Waals surface area contributed by atoms with E-state index in [4.69, 9.17) is 4.42 Å². The fourth-order valence-corrected chi connectivity index (χ4v) is 1.82. The Kier molecular flexibility index (Phi) is 3.77. The normalized spacial score (nSPS) is 10.3. The highest BCUT2D eigenvalue weighted by molar-refractivity contribution is 5.92. The molecule has 2 aromatic rings. The average Bonchev–Trinajstić information content (AvgIpc) is 2.84. The van der Waals surface area contributed by atoms with Gasteiger partial charge in [-0.2, -0.15) is 0 Å². The van der Waals surface area contributed by atoms with Crippen LogP contribution in [0, 0.1) is 13.8 Å². The van der Waals surface area contributed by atoms with Gasteiger partial charge >= 0.3 is 0 Å². The highest BCUT2D eigenvalue weighted by Crippen LogP contribution is 2.19. The van der Waals surface area contributed by atoms with E-state index < -0.39 is 0 Å². The lowest BCUT2D eigenvalue weighted by Gasteiger charge is -2.10. The third-order valence-corrected chi connectivity index (χ3v) is 2.84. The van der Waals surface area contributed by atoms with Crippen molar-refractivity contribution in [2.24, 2.45) is 0 Å². The van der Waals surface area contributed by atoms with Gasteiger partial charge in [0, 0.05) is 18.5 Å². The Hall–Kier alpha value is -2.10. The number of nitrogens with zero attached hydrogens (tertiary/aromatic N) is 1. The maximum Gasteiger partial charge on any atom is 0.224 e. The summed E-state index contributed by atoms with van der Waals surface area (Å²) in [5.74, 6) is -0.00426. The van der Waals surface area contributed by atoms with Crippen molar-refractivity contribution >= 4 is 11.6 Å². The van der Waals surface area contributed by atoms with E-state index in [1.54, 1.807) is 6.26 Å². The predicted molar refractivity (Wildman–Crippen MR) is 69.4 cm³/mol. The van der Waals surface area contributed by atoms with Crippen LogP contribution in [0.15, 0.2) is 35.3 Å². The molecule has 1 amide bonds. The summed E-state index contributed by atoms with van der Waals surface area (Å²) in [6, 6.07) is 5.95. The molecule has 0 unspecified atom stereocenters. The second-order valence-corrected chi connectivity index (χ2v) is 4.29. The van der Waals surface area contributed by atoms with Crippen LogP contribution >= 0.6 is 0 Å². The summed E-state index contributed by atoms with van der Waals surface area (Å²) in [5.41, 5.74) is 3.85. The minimum absolute atomic E-state index is 0.00426. The summed E-state index contributed by atoms with van der Waals surface area (Å²) in [7, 11) is 0. The number of nitrogens with one attached hydrogen (secondary N) is 1. The Balaban J connectivity index is 1.95. The molecule has 0 aliphatic carbocycles. The van der Waals surface area contributed by atoms with E-state index in [9.17, 15) is 4.79 Å². The van der Waals surface area contributed by atoms with Crippen molar-refractivity contribution in [3.8, 4) is 0 Å². The van der Waals surface area contributed by atoms with Gasteiger partial charge in [0.15, 0.2) is 6.39 Å². The second-order valence-electron chi connectivity index (χ2n) is 4.29. The molecule has 0 aliphatic rings. The molecule has 1 aromatic carbocycles. The standard InChI is InChI=1S/C14H16N2O2/c1-10-4-3-5-11(2)14(10)16-13(17)7-6-12-8-18-9-15-12/h3-5,8-9H,6-7H2,1-2H3,(H,16,17). The van der Waals surface area contributed by atoms with E-state index >= 15 is 0 Å². The Morgan fingerprint density at radius 1 is 1.33 bits per heavy atom. The molecular weight excluding hydrogens is 228 g/mol. The molecule has 0 spiro atoms. The number of carbonyl (C=O) groups excluding carboxylic acids is 1. The van der Waals surface area contributed by atoms with Crippen LogP contribution in [0.4, 0.5) is 5.69 Å². The summed E-state index contributed by atoms with van der Waals surface area (Å²) < 4.78 is 4.86. The van der Waals surface area contributed by atoms with Gasteiger partial charge in [0.2, 0.25) is 5.91 Å². The van der Waals surface area contributed by atoms with Crippen LogP contribution in [0.25, 0.3) is 0 Å². The SMILES string of the molecule is Cc1cccc(C)c1NC(=O)CCc1cocn1. The van der Waals surface area contributed by atoms with E-state index in [0.29, 0.717) is 12.8 Å². The van der Waals surface area contributed by atoms with Gasteiger partial charge in [0.25, 0.3) is 0 Å². The van der Waals surface area contributed by atoms with Crippen LogP contribution in [-0.4, -0.2) is 10.9 Å². The van der Waals surface area contributed by atoms with Crippen molar-refractivity contribution < 1.29 is 9.21 Å². The quantitative estimate of drug-likeness (QED) is 0.899. The number of anilines is 1. The van der Waals surface area contributed by atoms with Crippen molar-refractivity contribution in [1.29, 1.82) is 0 Å². The number of hydrogen-bond donors (Lipinski definition) is 1. The molecular formula is C14H16N2O2. The van der Waals surface area contributed by atoms with Crippen LogP contribution in [0.3, 0.4) is 0 Å². The molecule has 94 valence electrons. The predicted octanol–water partition coefficient (Wildman–Crippen LogP) is 2.86. The molecule has 4 heteroatoms. The van der Waals surface area contributed by atoms with Crippen molar-refractivity contribution in [3.05, 3.63) is 47.7 Å². The number of oxazole rings is 1. The molecule has 4 nitrogen and oxygen atoms in total. The third kappa shape index (κ3) is 2.97. The van der Waals surface area contributed by atoms with Gasteiger partial charge < -0.3 is 9.73 Å². The third-order valence-electron chi connectivity index (χ3n) is 2.84. The van der Waals surface area contributed by atoms with Gasteiger partial charge in [0.1, 0.15) is 6.26 Å². The number of aryl methyl sites for hydroxylation is 3. The van der Waals surface area contributed by atoms with E-state index in [0.717, 1.165) is 22.5 Å². The first kappa shape index (κ1) is 12.4. The number of para-hydroxylation sites is 1. The summed E-state index contributed by atoms with van der Waals surface area (Å²) in [6.45, 7) is 3.97. The number of carbonyl (C=O) groups is 1. The molecule has 0 bridgehead atoms. The summed E-state index contributed by atoms with van der Waals surface area (Å²) in [5, 5.41) is 2.94. The number of benzene rings is 1. The van der Waals surface area contributed by atoms with Crippen LogP contribution in [0.5, 0.6) is 0 Å². The first-order chi connectivity index (χ1) is 8.66. The molecule has 0 aliphatic heterocycles. The molecule has 0 atom stereocenters. The van der Waals surface area contributed by atoms with E-state index in [1.165, 1.54) is 6.39 Å². The Morgan fingerprint density at radius 3 is 2.67 bits per heavy atom. The fourth-order valence-electron chi connectivity index (χ4n) is 1.82. The lowest BCUT2D eigenvalue weighted by Crippen LogP contribution is -2.14. The fraction of sp³-hybridized carbons (Fsp3) is 0.286. The number of rotatable bonds is 4. The van der Waals surface area contributed by atoms with Gasteiger partial charge in [-0.15, -0.1) is 0 Å². The number of aromatic nitrogens is 1. The zero-order chi connectivity index (χ0) is 13.0. The Bertz CT molecular complexity index is 512. The smallest absolute Gasteiger partial charge is 0.224 e. The number of amides is 1. The van der Waals surface area contributed by atoms with Gasteiger partial charge in [-0.05, 0) is 25.0 Å². The lowest BCUT2D eigenvalue weighted by molar-refractivity contribution is -0.116. The van der Waals surface area contributed by atoms with Crippen LogP contribution < -0.4 is 5.32 Å². The first-order valence-corrected chi connectivity index (χ1v) is 5.90. The minimum atomic E-state index is -0.00426. The first-order valence-electron chi connectivity index (χ1n) is 5.90. The summed E-state index contributed by atoms with van der Waals surface area (Å²) in [6.07, 6.45) is 3.93. The van der Waals surface area contributed by atoms with Crippen molar-refractivity contribution in [3.63, 3.8) is 0 Å². The molecule has 0 saturated carbocycles. The van der Waals surface area contributed by atoms with E-state index in [-0.39, 0.29) is 5.91 Å². The molecule has 0 radical (unpaired) electrons. The topological polar surface area (TPSA) is 55.1 Å². The average molecular weight is 244 g/mol. The zero-order valence-electron chi connectivity index (χ0n) is 10.6. The van der Waals surface area contributed by atoms with Crippen LogP contribution in [-0.2, 0) is 11.2 Å². The van der Waals surface area contributed by atoms with Gasteiger partial charge in [-0.25, -0.2) is 4.98 Å². The van der Waals surface area contributed by atoms with Crippen molar-refractivity contribution in [1.82, 2.24) is 4.98 Å². The van der Waals surface area contributed by atoms with Gasteiger partial charge in [-0.1, -0.05) is 18.2 Å². The highest BCUT2D eigenvalue weighted by atomic mass is 16.3. The van der Waals surface area contributed by atoms with Gasteiger partial charge in [-0.3, -0.25) is 4.79 Å². The lowest BCUT2D eigenvalue weighted by atomic mass is 10.1. The maximum atomic E-state index is 11.8. The minimum Gasteiger partial charge on any atom is -0.451 e. The van der Waals surface area contributed by atoms with Crippen molar-refractivity contribution in [2.75, 3.05) is 5.32 Å². The monoisotopic (exact) mass is 244 g/mol. The van der Waals surface area contributed by atoms with Gasteiger partial charge in [0.05, 0.1) is 5.69 Å². The maximum absolute atomic E-state index is 11.8. The van der Waals surface area contributed by atoms with E-state index in [2.05, 4.69) is 10.3 Å². The number of hydrogen-bond acceptors (Lipinski definition) is 3. The van der Waals surface area contributed by atoms with Crippen LogP contribution in [0.2, 0.25) is 0 Å². The molecule has 0 saturated heterocycles. The molecule has 1 heterocycles. The molecule has 0 fully saturated rings. The highest BCUT2D eigenvalue weighted by Gasteiger charge is 2.08. The Labute approximate surface area is 106 Å². The Morgan fingerprint density at radius 2 is 2.06 bits per heavy atom. The zero-order valence-corrected chi connectivity index (χ0v) is 10.6. The van der Waals surface area contributed by atoms with Crippen LogP contribution in [0.1, 0.15) is 23.2 Å². The molecule has 2 rings (SSSR count).